The van der Waals surface area contributed by atoms with Crippen LogP contribution in [-0.2, 0) is 11.2 Å². The summed E-state index contributed by atoms with van der Waals surface area (Å²) in [5.74, 6) is -0.524. The van der Waals surface area contributed by atoms with E-state index < -0.39 is 12.0 Å². The molecule has 0 radical (unpaired) electrons. The van der Waals surface area contributed by atoms with E-state index in [1.807, 2.05) is 6.07 Å². The van der Waals surface area contributed by atoms with E-state index >= 15 is 0 Å². The topological polar surface area (TPSA) is 92.0 Å². The largest absolute Gasteiger partial charge is 0.480 e. The molecule has 1 atom stereocenters. The van der Waals surface area contributed by atoms with Gasteiger partial charge in [0.25, 0.3) is 0 Å². The molecule has 0 saturated heterocycles. The normalized spacial score (nSPS) is 12.9. The second-order valence-corrected chi connectivity index (χ2v) is 3.88. The molecule has 1 aromatic carbocycles. The Morgan fingerprint density at radius 3 is 3.00 bits per heavy atom. The molecule has 4 N–H and O–H groups in total. The minimum atomic E-state index is -1.05. The summed E-state index contributed by atoms with van der Waals surface area (Å²) in [7, 11) is 0. The van der Waals surface area contributed by atoms with Gasteiger partial charge in [-0.15, -0.1) is 0 Å². The number of carboxylic acid groups (broad SMARTS) is 1. The van der Waals surface area contributed by atoms with Gasteiger partial charge in [0.15, 0.2) is 0 Å². The number of nitrogens with zero attached hydrogens (tertiary/aromatic N) is 1. The summed E-state index contributed by atoms with van der Waals surface area (Å²) in [4.78, 5) is 17.8. The molecule has 0 aliphatic carbocycles. The van der Waals surface area contributed by atoms with Gasteiger partial charge in [0.05, 0.1) is 10.5 Å². The third kappa shape index (κ3) is 2.00. The van der Waals surface area contributed by atoms with Crippen LogP contribution in [0.25, 0.3) is 11.0 Å². The zero-order valence-electron chi connectivity index (χ0n) is 8.27. The van der Waals surface area contributed by atoms with Crippen molar-refractivity contribution in [2.24, 2.45) is 5.73 Å². The average Bonchev–Trinajstić information content (AvgIpc) is 2.61. The Labute approximate surface area is 96.2 Å². The summed E-state index contributed by atoms with van der Waals surface area (Å²) in [6, 6.07) is 4.39. The van der Waals surface area contributed by atoms with E-state index in [-0.39, 0.29) is 6.42 Å². The van der Waals surface area contributed by atoms with Crippen LogP contribution in [-0.4, -0.2) is 27.1 Å². The molecular weight excluding hydrogens is 230 g/mol. The summed E-state index contributed by atoms with van der Waals surface area (Å²) >= 11 is 5.94. The molecular formula is C10H10ClN3O2. The van der Waals surface area contributed by atoms with Gasteiger partial charge in [0.1, 0.15) is 17.4 Å². The quantitative estimate of drug-likeness (QED) is 0.750. The number of aromatic amines is 1. The predicted octanol–water partition coefficient (Wildman–Crippen LogP) is 1.17. The predicted molar refractivity (Wildman–Crippen MR) is 60.4 cm³/mol. The Bertz CT molecular complexity index is 538. The van der Waals surface area contributed by atoms with Crippen LogP contribution < -0.4 is 5.73 Å². The maximum Gasteiger partial charge on any atom is 0.320 e. The fourth-order valence-corrected chi connectivity index (χ4v) is 1.66. The maximum absolute atomic E-state index is 10.6. The Morgan fingerprint density at radius 1 is 1.62 bits per heavy atom. The Hall–Kier alpha value is -1.59. The molecule has 0 aliphatic rings. The Morgan fingerprint density at radius 2 is 2.38 bits per heavy atom. The summed E-state index contributed by atoms with van der Waals surface area (Å²) < 4.78 is 0. The lowest BCUT2D eigenvalue weighted by molar-refractivity contribution is -0.138. The molecule has 0 amide bonds. The molecule has 2 rings (SSSR count). The summed E-state index contributed by atoms with van der Waals surface area (Å²) in [5.41, 5.74) is 6.83. The van der Waals surface area contributed by atoms with Crippen molar-refractivity contribution in [1.82, 2.24) is 9.97 Å². The molecule has 0 spiro atoms. The van der Waals surface area contributed by atoms with Gasteiger partial charge in [-0.2, -0.15) is 0 Å². The molecule has 6 heteroatoms. The zero-order valence-corrected chi connectivity index (χ0v) is 9.03. The van der Waals surface area contributed by atoms with E-state index in [0.717, 1.165) is 5.52 Å². The summed E-state index contributed by atoms with van der Waals surface area (Å²) in [6.07, 6.45) is 0.153. The minimum Gasteiger partial charge on any atom is -0.480 e. The van der Waals surface area contributed by atoms with Crippen molar-refractivity contribution < 1.29 is 9.90 Å². The number of benzene rings is 1. The standard InChI is InChI=1S/C10H10ClN3O2/c11-5-2-1-3-7-9(5)14-8(13-7)4-6(12)10(15)16/h1-3,6H,4,12H2,(H,13,14)(H,15,16). The van der Waals surface area contributed by atoms with Crippen LogP contribution in [0.3, 0.4) is 0 Å². The molecule has 0 aliphatic heterocycles. The molecule has 1 heterocycles. The highest BCUT2D eigenvalue weighted by atomic mass is 35.5. The van der Waals surface area contributed by atoms with Crippen molar-refractivity contribution in [3.63, 3.8) is 0 Å². The van der Waals surface area contributed by atoms with Crippen LogP contribution in [0.5, 0.6) is 0 Å². The van der Waals surface area contributed by atoms with E-state index in [9.17, 15) is 4.79 Å². The van der Waals surface area contributed by atoms with Crippen molar-refractivity contribution in [1.29, 1.82) is 0 Å². The lowest BCUT2D eigenvalue weighted by atomic mass is 10.2. The number of hydrogen-bond donors (Lipinski definition) is 3. The van der Waals surface area contributed by atoms with Crippen molar-refractivity contribution >= 4 is 28.6 Å². The SMILES string of the molecule is NC(Cc1nc2c(Cl)cccc2[nH]1)C(=O)O. The van der Waals surface area contributed by atoms with Crippen molar-refractivity contribution in [2.75, 3.05) is 0 Å². The highest BCUT2D eigenvalue weighted by Crippen LogP contribution is 2.21. The number of H-pyrrole nitrogens is 1. The maximum atomic E-state index is 10.6. The van der Waals surface area contributed by atoms with Gasteiger partial charge in [-0.05, 0) is 12.1 Å². The van der Waals surface area contributed by atoms with Gasteiger partial charge in [0.2, 0.25) is 0 Å². The number of rotatable bonds is 3. The van der Waals surface area contributed by atoms with E-state index in [4.69, 9.17) is 22.4 Å². The lowest BCUT2D eigenvalue weighted by Gasteiger charge is -2.01. The molecule has 0 saturated carbocycles. The van der Waals surface area contributed by atoms with Gasteiger partial charge in [-0.1, -0.05) is 17.7 Å². The number of carbonyl (C=O) groups is 1. The van der Waals surface area contributed by atoms with Crippen LogP contribution in [0, 0.1) is 0 Å². The second-order valence-electron chi connectivity index (χ2n) is 3.47. The molecule has 0 bridgehead atoms. The van der Waals surface area contributed by atoms with Gasteiger partial charge >= 0.3 is 5.97 Å². The molecule has 2 aromatic rings. The third-order valence-electron chi connectivity index (χ3n) is 2.24. The fourth-order valence-electron chi connectivity index (χ4n) is 1.44. The third-order valence-corrected chi connectivity index (χ3v) is 2.55. The smallest absolute Gasteiger partial charge is 0.320 e. The average molecular weight is 240 g/mol. The Balaban J connectivity index is 2.33. The van der Waals surface area contributed by atoms with Crippen LogP contribution in [0.15, 0.2) is 18.2 Å². The fraction of sp³-hybridized carbons (Fsp3) is 0.200. The number of nitrogens with two attached hydrogens (primary N) is 1. The number of carboxylic acids is 1. The molecule has 5 nitrogen and oxygen atoms in total. The first-order valence-corrected chi connectivity index (χ1v) is 5.07. The second kappa shape index (κ2) is 4.11. The van der Waals surface area contributed by atoms with Crippen molar-refractivity contribution in [3.05, 3.63) is 29.0 Å². The van der Waals surface area contributed by atoms with Crippen LogP contribution in [0.1, 0.15) is 5.82 Å². The number of nitrogens with one attached hydrogen (secondary N) is 1. The van der Waals surface area contributed by atoms with E-state index in [1.54, 1.807) is 12.1 Å². The highest BCUT2D eigenvalue weighted by Gasteiger charge is 2.15. The summed E-state index contributed by atoms with van der Waals surface area (Å²) in [6.45, 7) is 0. The van der Waals surface area contributed by atoms with Crippen LogP contribution in [0.4, 0.5) is 0 Å². The molecule has 0 fully saturated rings. The van der Waals surface area contributed by atoms with Crippen molar-refractivity contribution in [3.8, 4) is 0 Å². The first-order chi connectivity index (χ1) is 7.58. The number of halogens is 1. The highest BCUT2D eigenvalue weighted by molar-refractivity contribution is 6.34. The van der Waals surface area contributed by atoms with E-state index in [0.29, 0.717) is 16.4 Å². The number of para-hydroxylation sites is 1. The van der Waals surface area contributed by atoms with E-state index in [2.05, 4.69) is 9.97 Å². The molecule has 1 aromatic heterocycles. The number of imidazole rings is 1. The van der Waals surface area contributed by atoms with Gasteiger partial charge < -0.3 is 15.8 Å². The van der Waals surface area contributed by atoms with Crippen LogP contribution in [0.2, 0.25) is 5.02 Å². The molecule has 1 unspecified atom stereocenters. The minimum absolute atomic E-state index is 0.153. The molecule has 84 valence electrons. The van der Waals surface area contributed by atoms with Crippen molar-refractivity contribution in [2.45, 2.75) is 12.5 Å². The summed E-state index contributed by atoms with van der Waals surface area (Å²) in [5, 5.41) is 9.21. The zero-order chi connectivity index (χ0) is 11.7. The first-order valence-electron chi connectivity index (χ1n) is 4.69. The van der Waals surface area contributed by atoms with Gasteiger partial charge in [-0.25, -0.2) is 4.98 Å². The number of fused-ring (bicyclic) bond motifs is 1. The van der Waals surface area contributed by atoms with E-state index in [1.165, 1.54) is 0 Å². The number of aliphatic carboxylic acids is 1. The molecule has 16 heavy (non-hydrogen) atoms. The van der Waals surface area contributed by atoms with Gasteiger partial charge in [-0.3, -0.25) is 4.79 Å². The number of aromatic nitrogens is 2. The lowest BCUT2D eigenvalue weighted by Crippen LogP contribution is -2.32. The monoisotopic (exact) mass is 239 g/mol. The first kappa shape index (κ1) is 10.9. The van der Waals surface area contributed by atoms with Gasteiger partial charge in [0, 0.05) is 6.42 Å². The van der Waals surface area contributed by atoms with Crippen LogP contribution >= 0.6 is 11.6 Å². The Kier molecular flexibility index (Phi) is 2.80. The number of hydrogen-bond acceptors (Lipinski definition) is 3.